The lowest BCUT2D eigenvalue weighted by atomic mass is 9.96. The maximum Gasteiger partial charge on any atom is 0.251 e. The fourth-order valence-electron chi connectivity index (χ4n) is 10.2. The molecule has 0 spiro atoms. The third-order valence-corrected chi connectivity index (χ3v) is 14.7. The van der Waals surface area contributed by atoms with E-state index in [0.29, 0.717) is 23.1 Å². The molecule has 17 N–H and O–H groups in total. The Labute approximate surface area is 472 Å². The van der Waals surface area contributed by atoms with Crippen LogP contribution in [0.3, 0.4) is 0 Å². The maximum atomic E-state index is 14.6. The predicted octanol–water partition coefficient (Wildman–Crippen LogP) is -3.35. The molecule has 27 nitrogen and oxygen atoms in total. The zero-order valence-electron chi connectivity index (χ0n) is 45.7. The number of amides is 8. The van der Waals surface area contributed by atoms with Crippen LogP contribution in [-0.4, -0.2) is 210 Å². The summed E-state index contributed by atoms with van der Waals surface area (Å²) in [5, 5.41) is 103. The van der Waals surface area contributed by atoms with Crippen molar-refractivity contribution in [3.05, 3.63) is 71.8 Å². The van der Waals surface area contributed by atoms with Gasteiger partial charge < -0.3 is 98.2 Å². The van der Waals surface area contributed by atoms with Gasteiger partial charge in [0.2, 0.25) is 41.4 Å². The molecule has 450 valence electrons. The molecule has 6 rings (SSSR count). The lowest BCUT2D eigenvalue weighted by Gasteiger charge is -2.34. The van der Waals surface area contributed by atoms with Gasteiger partial charge in [-0.1, -0.05) is 63.3 Å². The van der Waals surface area contributed by atoms with Crippen LogP contribution in [0.25, 0.3) is 10.8 Å². The monoisotopic (exact) mass is 1150 g/mol. The van der Waals surface area contributed by atoms with Crippen molar-refractivity contribution in [2.45, 2.75) is 163 Å². The highest BCUT2D eigenvalue weighted by Gasteiger charge is 2.49. The van der Waals surface area contributed by atoms with Crippen molar-refractivity contribution in [1.29, 1.82) is 0 Å². The Balaban J connectivity index is 1.39. The number of aromatic hydroxyl groups is 1. The second-order valence-corrected chi connectivity index (χ2v) is 21.0. The van der Waals surface area contributed by atoms with Crippen LogP contribution in [0.5, 0.6) is 11.5 Å². The number of phenols is 1. The number of unbranched alkanes of at least 4 members (excludes halogenated alkanes) is 5. The van der Waals surface area contributed by atoms with E-state index in [1.54, 1.807) is 24.3 Å². The van der Waals surface area contributed by atoms with E-state index in [4.69, 9.17) is 20.9 Å². The molecular formula is C55H77N9O18. The van der Waals surface area contributed by atoms with Gasteiger partial charge in [-0.15, -0.1) is 0 Å². The Hall–Kier alpha value is -7.08. The fraction of sp³-hybridized carbons (Fsp3) is 0.564. The van der Waals surface area contributed by atoms with Crippen LogP contribution < -0.4 is 42.8 Å². The van der Waals surface area contributed by atoms with Gasteiger partial charge in [0.1, 0.15) is 66.1 Å². The second-order valence-electron chi connectivity index (χ2n) is 21.0. The largest absolute Gasteiger partial charge is 0.508 e. The average molecular weight is 1150 g/mol. The molecule has 6 unspecified atom stereocenters. The number of phenolic OH excluding ortho intramolecular Hbond substituents is 1. The minimum atomic E-state index is -2.38. The zero-order valence-corrected chi connectivity index (χ0v) is 45.7. The van der Waals surface area contributed by atoms with Gasteiger partial charge in [0.05, 0.1) is 44.1 Å². The summed E-state index contributed by atoms with van der Waals surface area (Å²) < 4.78 is 11.7. The Morgan fingerprint density at radius 1 is 0.732 bits per heavy atom. The van der Waals surface area contributed by atoms with Gasteiger partial charge in [0, 0.05) is 38.0 Å². The van der Waals surface area contributed by atoms with Crippen molar-refractivity contribution < 1.29 is 88.7 Å². The summed E-state index contributed by atoms with van der Waals surface area (Å²) in [6, 6.07) is 2.39. The number of carbonyl (C=O) groups is 8. The number of hydrogen-bond donors (Lipinski definition) is 15. The van der Waals surface area contributed by atoms with E-state index in [1.807, 2.05) is 0 Å². The van der Waals surface area contributed by atoms with Gasteiger partial charge >= 0.3 is 0 Å². The number of benzene rings is 3. The highest BCUT2D eigenvalue weighted by Crippen LogP contribution is 2.27. The Morgan fingerprint density at radius 3 is 2.06 bits per heavy atom. The number of nitrogens with two attached hydrogens (primary N) is 2. The third kappa shape index (κ3) is 16.6. The molecule has 3 aromatic rings. The maximum absolute atomic E-state index is 14.6. The van der Waals surface area contributed by atoms with Crippen molar-refractivity contribution in [2.75, 3.05) is 32.8 Å². The van der Waals surface area contributed by atoms with E-state index in [9.17, 15) is 79.2 Å². The van der Waals surface area contributed by atoms with E-state index in [1.165, 1.54) is 18.6 Å². The molecule has 3 saturated heterocycles. The van der Waals surface area contributed by atoms with E-state index in [0.717, 1.165) is 73.1 Å². The van der Waals surface area contributed by atoms with Gasteiger partial charge in [-0.05, 0) is 72.5 Å². The summed E-state index contributed by atoms with van der Waals surface area (Å²) in [4.78, 5) is 115. The van der Waals surface area contributed by atoms with Crippen molar-refractivity contribution in [1.82, 2.24) is 36.4 Å². The van der Waals surface area contributed by atoms with Crippen molar-refractivity contribution in [3.63, 3.8) is 0 Å². The summed E-state index contributed by atoms with van der Waals surface area (Å²) in [6.45, 7) is 2.15. The number of hydrogen-bond acceptors (Lipinski definition) is 19. The molecule has 27 heteroatoms. The molecule has 0 aromatic heterocycles. The van der Waals surface area contributed by atoms with Gasteiger partial charge in [0.25, 0.3) is 5.91 Å². The third-order valence-electron chi connectivity index (χ3n) is 14.7. The molecule has 3 aliphatic heterocycles. The minimum absolute atomic E-state index is 0.0244. The summed E-state index contributed by atoms with van der Waals surface area (Å²) in [5.41, 5.74) is 11.0. The molecule has 0 radical (unpaired) electrons. The first-order chi connectivity index (χ1) is 39.0. The number of rotatable bonds is 20. The normalized spacial score (nSPS) is 26.7. The van der Waals surface area contributed by atoms with E-state index in [2.05, 4.69) is 33.5 Å². The molecule has 0 bridgehead atoms. The zero-order chi connectivity index (χ0) is 59.9. The lowest BCUT2D eigenvalue weighted by molar-refractivity contribution is -0.150. The standard InChI is InChI=1S/C55H77N9O18/c1-3-4-5-6-7-8-20-81-35-16-13-30-22-32(10-9-31(30)23-35)48(74)58-36-25-40(70)53(82-21-18-56)62-52(78)45-38(68)17-19-63(45)55(80)43(39(69)26-41(57)71)60-51(77)44(47(73)46(72)29-11-14-33(66)15-12-29)61-50(76)37-24-34(67)27-64(37)54(79)42(28(2)65)59-49(36)75/h9-16,22-23,28,34,36-40,42-47,53,65-70,72-73H,3-8,17-21,24-27,56H2,1-2H3,(H2,57,71)(H,58,74)(H,59,75)(H,60,77)(H,61,76)(H,62,78)/t28-,34?,36+,37?,38+,39+,40+,42?,43?,44?,45?,46+,47+,53-/m1/s1. The number of aliphatic hydroxyl groups is 7. The number of ether oxygens (including phenoxy) is 2. The molecule has 0 aliphatic carbocycles. The predicted molar refractivity (Wildman–Crippen MR) is 290 cm³/mol. The Kier molecular flexibility index (Phi) is 23.3. The SMILES string of the molecule is CCCCCCCCOc1ccc2cc(C(=O)N[C@H]3C[C@H](O)[C@@H](OCCN)NC(=O)C4[C@@H](O)CCN4C(=O)C([C@@H](O)CC(N)=O)NC(=O)C([C@H](O)[C@@H](O)c4ccc(O)cc4)NC(=O)C4CC(O)CN4C(=O)C([C@@H](C)O)NC3=O)ccc2c1. The molecule has 0 saturated carbocycles. The second kappa shape index (κ2) is 29.8. The van der Waals surface area contributed by atoms with Gasteiger partial charge in [-0.25, -0.2) is 0 Å². The first-order valence-corrected chi connectivity index (χ1v) is 27.5. The average Bonchev–Trinajstić information content (AvgIpc) is 4.20. The number of carbonyl (C=O) groups excluding carboxylic acids is 8. The molecule has 82 heavy (non-hydrogen) atoms. The van der Waals surface area contributed by atoms with Gasteiger partial charge in [-0.3, -0.25) is 38.4 Å². The van der Waals surface area contributed by atoms with Crippen molar-refractivity contribution in [3.8, 4) is 11.5 Å². The topological polar surface area (TPSA) is 436 Å². The molecule has 3 heterocycles. The van der Waals surface area contributed by atoms with Crippen molar-refractivity contribution in [2.24, 2.45) is 11.5 Å². The van der Waals surface area contributed by atoms with E-state index in [-0.39, 0.29) is 36.4 Å². The molecule has 14 atom stereocenters. The van der Waals surface area contributed by atoms with Crippen LogP contribution >= 0.6 is 0 Å². The van der Waals surface area contributed by atoms with Crippen LogP contribution in [0.15, 0.2) is 60.7 Å². The highest BCUT2D eigenvalue weighted by atomic mass is 16.5. The van der Waals surface area contributed by atoms with Crippen LogP contribution in [-0.2, 0) is 38.3 Å². The molecule has 3 aliphatic rings. The molecular weight excluding hydrogens is 1070 g/mol. The molecule has 8 amide bonds. The van der Waals surface area contributed by atoms with Crippen LogP contribution in [0.1, 0.15) is 100 Å². The number of fused-ring (bicyclic) bond motifs is 3. The van der Waals surface area contributed by atoms with Gasteiger partial charge in [0.15, 0.2) is 6.23 Å². The van der Waals surface area contributed by atoms with Crippen LogP contribution in [0.2, 0.25) is 0 Å². The highest BCUT2D eigenvalue weighted by molar-refractivity contribution is 6.02. The van der Waals surface area contributed by atoms with Crippen LogP contribution in [0.4, 0.5) is 0 Å². The fourth-order valence-corrected chi connectivity index (χ4v) is 10.2. The minimum Gasteiger partial charge on any atom is -0.508 e. The molecule has 3 fully saturated rings. The van der Waals surface area contributed by atoms with Gasteiger partial charge in [-0.2, -0.15) is 0 Å². The summed E-state index contributed by atoms with van der Waals surface area (Å²) >= 11 is 0. The molecule has 3 aromatic carbocycles. The van der Waals surface area contributed by atoms with Crippen LogP contribution in [0, 0.1) is 0 Å². The smallest absolute Gasteiger partial charge is 0.251 e. The quantitative estimate of drug-likeness (QED) is 0.0492. The summed E-state index contributed by atoms with van der Waals surface area (Å²) in [6.07, 6.45) is -11.6. The first-order valence-electron chi connectivity index (χ1n) is 27.5. The van der Waals surface area contributed by atoms with E-state index >= 15 is 0 Å². The Bertz CT molecular complexity index is 2720. The number of aliphatic hydroxyl groups excluding tert-OH is 7. The number of primary amides is 1. The summed E-state index contributed by atoms with van der Waals surface area (Å²) in [7, 11) is 0. The van der Waals surface area contributed by atoms with Crippen molar-refractivity contribution >= 4 is 58.0 Å². The number of nitrogens with one attached hydrogen (secondary N) is 5. The summed E-state index contributed by atoms with van der Waals surface area (Å²) in [5.74, 6) is -9.46. The number of nitrogens with zero attached hydrogens (tertiary/aromatic N) is 2. The Morgan fingerprint density at radius 2 is 1.38 bits per heavy atom. The van der Waals surface area contributed by atoms with E-state index < -0.39 is 165 Å². The first kappa shape index (κ1) is 64.1. The lowest BCUT2D eigenvalue weighted by Crippen LogP contribution is -2.64.